The lowest BCUT2D eigenvalue weighted by molar-refractivity contribution is -0.385. The van der Waals surface area contributed by atoms with Crippen LogP contribution in [0.4, 0.5) is 10.1 Å². The minimum absolute atomic E-state index is 0.127. The summed E-state index contributed by atoms with van der Waals surface area (Å²) in [6.07, 6.45) is 1.85. The van der Waals surface area contributed by atoms with Crippen LogP contribution < -0.4 is 5.73 Å². The lowest BCUT2D eigenvalue weighted by Gasteiger charge is -2.09. The summed E-state index contributed by atoms with van der Waals surface area (Å²) >= 11 is 0. The van der Waals surface area contributed by atoms with Crippen LogP contribution in [0.2, 0.25) is 0 Å². The number of nitrogens with zero attached hydrogens (tertiary/aromatic N) is 1. The monoisotopic (exact) mass is 210 g/mol. The Morgan fingerprint density at radius 2 is 2.20 bits per heavy atom. The number of nitrogens with two attached hydrogens (primary N) is 1. The van der Waals surface area contributed by atoms with Gasteiger partial charge in [-0.05, 0) is 18.9 Å². The van der Waals surface area contributed by atoms with Crippen LogP contribution in [0.1, 0.15) is 18.4 Å². The second-order valence-corrected chi connectivity index (χ2v) is 4.03. The van der Waals surface area contributed by atoms with Crippen molar-refractivity contribution in [3.63, 3.8) is 0 Å². The van der Waals surface area contributed by atoms with Gasteiger partial charge in [-0.2, -0.15) is 0 Å². The molecule has 80 valence electrons. The van der Waals surface area contributed by atoms with Gasteiger partial charge in [0.15, 0.2) is 0 Å². The van der Waals surface area contributed by atoms with Crippen LogP contribution in [0.3, 0.4) is 0 Å². The predicted octanol–water partition coefficient (Wildman–Crippen LogP) is 1.77. The van der Waals surface area contributed by atoms with E-state index in [1.165, 1.54) is 18.2 Å². The quantitative estimate of drug-likeness (QED) is 0.610. The van der Waals surface area contributed by atoms with E-state index in [1.807, 2.05) is 0 Å². The summed E-state index contributed by atoms with van der Waals surface area (Å²) in [5.41, 5.74) is 5.36. The van der Waals surface area contributed by atoms with E-state index in [1.54, 1.807) is 0 Å². The van der Waals surface area contributed by atoms with Gasteiger partial charge >= 0.3 is 0 Å². The topological polar surface area (TPSA) is 69.2 Å². The molecule has 1 aromatic rings. The van der Waals surface area contributed by atoms with E-state index < -0.39 is 16.3 Å². The van der Waals surface area contributed by atoms with Gasteiger partial charge in [0.05, 0.1) is 10.5 Å². The van der Waals surface area contributed by atoms with Gasteiger partial charge in [0.2, 0.25) is 0 Å². The van der Waals surface area contributed by atoms with E-state index in [9.17, 15) is 14.5 Å². The third kappa shape index (κ3) is 1.97. The molecule has 1 fully saturated rings. The normalized spacial score (nSPS) is 17.5. The van der Waals surface area contributed by atoms with Gasteiger partial charge in [-0.25, -0.2) is 4.39 Å². The van der Waals surface area contributed by atoms with Crippen molar-refractivity contribution in [1.82, 2.24) is 0 Å². The van der Waals surface area contributed by atoms with Crippen molar-refractivity contribution in [2.75, 3.05) is 0 Å². The molecule has 0 heterocycles. The summed E-state index contributed by atoms with van der Waals surface area (Å²) in [6, 6.07) is 3.88. The van der Waals surface area contributed by atoms with Crippen molar-refractivity contribution >= 4 is 5.69 Å². The smallest absolute Gasteiger partial charge is 0.275 e. The maximum absolute atomic E-state index is 13.4. The highest BCUT2D eigenvalue weighted by molar-refractivity contribution is 5.42. The number of benzene rings is 1. The number of halogens is 1. The Balaban J connectivity index is 2.38. The third-order valence-corrected chi connectivity index (χ3v) is 2.71. The zero-order valence-electron chi connectivity index (χ0n) is 8.07. The zero-order chi connectivity index (χ0) is 11.1. The molecule has 0 aliphatic heterocycles. The van der Waals surface area contributed by atoms with Crippen LogP contribution in [0.5, 0.6) is 0 Å². The lowest BCUT2D eigenvalue weighted by Crippen LogP contribution is -2.25. The molecule has 1 aliphatic rings. The van der Waals surface area contributed by atoms with Gasteiger partial charge in [-0.15, -0.1) is 0 Å². The highest BCUT2D eigenvalue weighted by atomic mass is 19.1. The van der Waals surface area contributed by atoms with Crippen LogP contribution in [-0.4, -0.2) is 10.5 Å². The van der Waals surface area contributed by atoms with Crippen LogP contribution >= 0.6 is 0 Å². The number of rotatable bonds is 3. The first kappa shape index (κ1) is 10.0. The highest BCUT2D eigenvalue weighted by Gasteiger charge is 2.40. The molecule has 5 heteroatoms. The molecule has 0 radical (unpaired) electrons. The molecule has 0 spiro atoms. The number of nitro benzene ring substituents is 1. The molecule has 0 aromatic heterocycles. The molecular formula is C10H11FN2O2. The second kappa shape index (κ2) is 3.27. The van der Waals surface area contributed by atoms with Crippen molar-refractivity contribution in [2.24, 2.45) is 5.73 Å². The summed E-state index contributed by atoms with van der Waals surface area (Å²) in [4.78, 5) is 10.1. The minimum atomic E-state index is -0.565. The fourth-order valence-electron chi connectivity index (χ4n) is 1.58. The highest BCUT2D eigenvalue weighted by Crippen LogP contribution is 2.38. The molecule has 15 heavy (non-hydrogen) atoms. The van der Waals surface area contributed by atoms with Gasteiger partial charge in [0.1, 0.15) is 5.82 Å². The molecule has 0 unspecified atom stereocenters. The van der Waals surface area contributed by atoms with Crippen molar-refractivity contribution < 1.29 is 9.31 Å². The average molecular weight is 210 g/mol. The molecular weight excluding hydrogens is 199 g/mol. The SMILES string of the molecule is NC1(Cc2c(F)cccc2[N+](=O)[O-])CC1. The van der Waals surface area contributed by atoms with E-state index in [2.05, 4.69) is 0 Å². The summed E-state index contributed by atoms with van der Waals surface area (Å²) in [7, 11) is 0. The molecule has 1 aliphatic carbocycles. The van der Waals surface area contributed by atoms with Gasteiger partial charge in [0, 0.05) is 18.0 Å². The fourth-order valence-corrected chi connectivity index (χ4v) is 1.58. The average Bonchev–Trinajstić information content (AvgIpc) is 2.87. The predicted molar refractivity (Wildman–Crippen MR) is 52.9 cm³/mol. The molecule has 2 N–H and O–H groups in total. The molecule has 1 saturated carbocycles. The van der Waals surface area contributed by atoms with E-state index in [4.69, 9.17) is 5.73 Å². The number of nitro groups is 1. The fraction of sp³-hybridized carbons (Fsp3) is 0.400. The maximum atomic E-state index is 13.4. The van der Waals surface area contributed by atoms with E-state index in [0.717, 1.165) is 12.8 Å². The van der Waals surface area contributed by atoms with Gasteiger partial charge in [-0.1, -0.05) is 6.07 Å². The Bertz CT molecular complexity index is 416. The van der Waals surface area contributed by atoms with Crippen LogP contribution in [0.25, 0.3) is 0 Å². The lowest BCUT2D eigenvalue weighted by atomic mass is 10.0. The Morgan fingerprint density at radius 1 is 1.53 bits per heavy atom. The van der Waals surface area contributed by atoms with E-state index in [-0.39, 0.29) is 17.7 Å². The van der Waals surface area contributed by atoms with E-state index >= 15 is 0 Å². The summed E-state index contributed by atoms with van der Waals surface area (Å²) in [5, 5.41) is 10.7. The summed E-state index contributed by atoms with van der Waals surface area (Å²) < 4.78 is 13.4. The first-order valence-electron chi connectivity index (χ1n) is 4.72. The van der Waals surface area contributed by atoms with Gasteiger partial charge < -0.3 is 5.73 Å². The van der Waals surface area contributed by atoms with Crippen molar-refractivity contribution in [3.05, 3.63) is 39.7 Å². The molecule has 1 aromatic carbocycles. The first-order valence-corrected chi connectivity index (χ1v) is 4.72. The molecule has 0 atom stereocenters. The first-order chi connectivity index (χ1) is 7.02. The van der Waals surface area contributed by atoms with E-state index in [0.29, 0.717) is 0 Å². The van der Waals surface area contributed by atoms with Gasteiger partial charge in [-0.3, -0.25) is 10.1 Å². The molecule has 4 nitrogen and oxygen atoms in total. The number of hydrogen-bond acceptors (Lipinski definition) is 3. The summed E-state index contributed by atoms with van der Waals surface area (Å²) in [6.45, 7) is 0. The van der Waals surface area contributed by atoms with Crippen LogP contribution in [0, 0.1) is 15.9 Å². The van der Waals surface area contributed by atoms with Crippen molar-refractivity contribution in [2.45, 2.75) is 24.8 Å². The van der Waals surface area contributed by atoms with Crippen molar-refractivity contribution in [3.8, 4) is 0 Å². The molecule has 2 rings (SSSR count). The Labute approximate surface area is 86.0 Å². The minimum Gasteiger partial charge on any atom is -0.325 e. The van der Waals surface area contributed by atoms with Crippen molar-refractivity contribution in [1.29, 1.82) is 0 Å². The molecule has 0 amide bonds. The van der Waals surface area contributed by atoms with Crippen LogP contribution in [0.15, 0.2) is 18.2 Å². The molecule has 0 saturated heterocycles. The van der Waals surface area contributed by atoms with Gasteiger partial charge in [0.25, 0.3) is 5.69 Å². The Hall–Kier alpha value is -1.49. The summed E-state index contributed by atoms with van der Waals surface area (Å²) in [5.74, 6) is -0.541. The second-order valence-electron chi connectivity index (χ2n) is 4.03. The third-order valence-electron chi connectivity index (χ3n) is 2.71. The largest absolute Gasteiger partial charge is 0.325 e. The zero-order valence-corrected chi connectivity index (χ0v) is 8.07. The maximum Gasteiger partial charge on any atom is 0.275 e. The standard InChI is InChI=1S/C10H11FN2O2/c11-8-2-1-3-9(13(14)15)7(8)6-10(12)4-5-10/h1-3H,4-6,12H2. The van der Waals surface area contributed by atoms with Crippen LogP contribution in [-0.2, 0) is 6.42 Å². The Kier molecular flexibility index (Phi) is 2.19. The Morgan fingerprint density at radius 3 is 2.73 bits per heavy atom. The molecule has 0 bridgehead atoms. The number of hydrogen-bond donors (Lipinski definition) is 1.